The monoisotopic (exact) mass is 343 g/mol. The van der Waals surface area contributed by atoms with Crippen LogP contribution in [0.1, 0.15) is 25.3 Å². The van der Waals surface area contributed by atoms with Crippen LogP contribution in [-0.4, -0.2) is 34.9 Å². The van der Waals surface area contributed by atoms with Gasteiger partial charge in [0.15, 0.2) is 9.84 Å². The molecule has 118 valence electrons. The molecule has 22 heavy (non-hydrogen) atoms. The average molecular weight is 344 g/mol. The second kappa shape index (κ2) is 5.62. The molecule has 0 saturated heterocycles. The molecule has 1 aliphatic rings. The van der Waals surface area contributed by atoms with Gasteiger partial charge in [0, 0.05) is 11.8 Å². The minimum Gasteiger partial charge on any atom is -0.248 e. The summed E-state index contributed by atoms with van der Waals surface area (Å²) in [4.78, 5) is 0. The molecule has 1 aromatic heterocycles. The molecule has 0 spiro atoms. The second-order valence-electron chi connectivity index (χ2n) is 5.57. The normalized spacial score (nSPS) is 22.1. The summed E-state index contributed by atoms with van der Waals surface area (Å²) in [5.41, 5.74) is 0.880. The largest absolute Gasteiger partial charge is 0.248 e. The lowest BCUT2D eigenvalue weighted by molar-refractivity contribution is 0.447. The predicted octanol–water partition coefficient (Wildman–Crippen LogP) is 2.88. The van der Waals surface area contributed by atoms with Crippen LogP contribution in [-0.2, 0) is 9.84 Å². The second-order valence-corrected chi connectivity index (χ2v) is 8.25. The molecule has 2 atom stereocenters. The molecule has 2 aromatic rings. The fourth-order valence-corrected chi connectivity index (χ4v) is 4.61. The van der Waals surface area contributed by atoms with Gasteiger partial charge in [-0.3, -0.25) is 0 Å². The van der Waals surface area contributed by atoms with Crippen molar-refractivity contribution in [3.05, 3.63) is 35.2 Å². The maximum atomic E-state index is 13.4. The van der Waals surface area contributed by atoms with Crippen LogP contribution in [0.15, 0.2) is 24.4 Å². The zero-order chi connectivity index (χ0) is 15.9. The third-order valence-corrected chi connectivity index (χ3v) is 6.00. The lowest BCUT2D eigenvalue weighted by Gasteiger charge is -2.17. The Morgan fingerprint density at radius 1 is 1.36 bits per heavy atom. The quantitative estimate of drug-likeness (QED) is 0.859. The molecule has 0 amide bonds. The first-order valence-electron chi connectivity index (χ1n) is 6.92. The molecular weight excluding hydrogens is 329 g/mol. The van der Waals surface area contributed by atoms with Gasteiger partial charge in [0.1, 0.15) is 11.5 Å². The van der Waals surface area contributed by atoms with Crippen molar-refractivity contribution in [3.8, 4) is 11.3 Å². The number of benzene rings is 1. The van der Waals surface area contributed by atoms with Gasteiger partial charge in [-0.25, -0.2) is 17.5 Å². The van der Waals surface area contributed by atoms with E-state index in [0.29, 0.717) is 22.7 Å². The number of hydrogen-bond acceptors (Lipinski definition) is 4. The van der Waals surface area contributed by atoms with Crippen molar-refractivity contribution in [2.24, 2.45) is 0 Å². The highest BCUT2D eigenvalue weighted by molar-refractivity contribution is 7.91. The fourth-order valence-electron chi connectivity index (χ4n) is 2.96. The molecule has 3 rings (SSSR count). The van der Waals surface area contributed by atoms with E-state index in [-0.39, 0.29) is 6.04 Å². The molecule has 1 saturated carbocycles. The highest BCUT2D eigenvalue weighted by atomic mass is 35.5. The molecule has 1 fully saturated rings. The van der Waals surface area contributed by atoms with Crippen molar-refractivity contribution in [1.82, 2.24) is 15.0 Å². The maximum absolute atomic E-state index is 13.4. The summed E-state index contributed by atoms with van der Waals surface area (Å²) in [6, 6.07) is 3.79. The van der Waals surface area contributed by atoms with Crippen LogP contribution in [0.4, 0.5) is 4.39 Å². The van der Waals surface area contributed by atoms with Gasteiger partial charge in [-0.2, -0.15) is 0 Å². The molecule has 0 radical (unpaired) electrons. The molecular formula is C14H15ClFN3O2S. The average Bonchev–Trinajstić information content (AvgIpc) is 3.07. The lowest BCUT2D eigenvalue weighted by atomic mass is 10.1. The summed E-state index contributed by atoms with van der Waals surface area (Å²) in [7, 11) is -3.14. The number of hydrogen-bond donors (Lipinski definition) is 0. The van der Waals surface area contributed by atoms with E-state index in [1.165, 1.54) is 24.5 Å². The number of nitrogens with zero attached hydrogens (tertiary/aromatic N) is 3. The van der Waals surface area contributed by atoms with Crippen molar-refractivity contribution in [2.45, 2.75) is 30.6 Å². The van der Waals surface area contributed by atoms with Crippen LogP contribution in [0.5, 0.6) is 0 Å². The minimum atomic E-state index is -3.14. The number of rotatable bonds is 3. The summed E-state index contributed by atoms with van der Waals surface area (Å²) in [6.07, 6.45) is 5.07. The van der Waals surface area contributed by atoms with E-state index in [1.807, 2.05) is 0 Å². The van der Waals surface area contributed by atoms with Crippen LogP contribution in [0.2, 0.25) is 5.02 Å². The van der Waals surface area contributed by atoms with E-state index in [0.717, 1.165) is 12.8 Å². The third-order valence-electron chi connectivity index (χ3n) is 4.02. The van der Waals surface area contributed by atoms with Gasteiger partial charge in [0.2, 0.25) is 0 Å². The van der Waals surface area contributed by atoms with Crippen molar-refractivity contribution < 1.29 is 12.8 Å². The molecule has 1 aromatic carbocycles. The van der Waals surface area contributed by atoms with Crippen LogP contribution in [0.25, 0.3) is 11.3 Å². The van der Waals surface area contributed by atoms with Crippen molar-refractivity contribution in [3.63, 3.8) is 0 Å². The van der Waals surface area contributed by atoms with Crippen molar-refractivity contribution in [2.75, 3.05) is 6.26 Å². The molecule has 0 bridgehead atoms. The van der Waals surface area contributed by atoms with Crippen molar-refractivity contribution >= 4 is 21.4 Å². The number of aromatic nitrogens is 3. The topological polar surface area (TPSA) is 64.8 Å². The zero-order valence-corrected chi connectivity index (χ0v) is 13.5. The van der Waals surface area contributed by atoms with E-state index in [9.17, 15) is 12.8 Å². The van der Waals surface area contributed by atoms with Gasteiger partial charge in [0.25, 0.3) is 0 Å². The van der Waals surface area contributed by atoms with Gasteiger partial charge in [0.05, 0.1) is 22.5 Å². The van der Waals surface area contributed by atoms with Gasteiger partial charge in [-0.15, -0.1) is 5.10 Å². The lowest BCUT2D eigenvalue weighted by Crippen LogP contribution is -2.27. The van der Waals surface area contributed by atoms with Gasteiger partial charge >= 0.3 is 0 Å². The van der Waals surface area contributed by atoms with Crippen LogP contribution in [0, 0.1) is 5.82 Å². The van der Waals surface area contributed by atoms with E-state index < -0.39 is 20.9 Å². The Hall–Kier alpha value is -1.47. The molecule has 5 nitrogen and oxygen atoms in total. The van der Waals surface area contributed by atoms with E-state index in [1.54, 1.807) is 10.9 Å². The smallest absolute Gasteiger partial charge is 0.152 e. The van der Waals surface area contributed by atoms with Crippen molar-refractivity contribution in [1.29, 1.82) is 0 Å². The van der Waals surface area contributed by atoms with Crippen LogP contribution >= 0.6 is 11.6 Å². The Morgan fingerprint density at radius 3 is 2.86 bits per heavy atom. The van der Waals surface area contributed by atoms with E-state index >= 15 is 0 Å². The van der Waals surface area contributed by atoms with Gasteiger partial charge in [-0.1, -0.05) is 16.8 Å². The fraction of sp³-hybridized carbons (Fsp3) is 0.429. The molecule has 0 aliphatic heterocycles. The van der Waals surface area contributed by atoms with Crippen LogP contribution in [0.3, 0.4) is 0 Å². The van der Waals surface area contributed by atoms with E-state index in [2.05, 4.69) is 10.3 Å². The summed E-state index contributed by atoms with van der Waals surface area (Å²) >= 11 is 6.06. The Morgan fingerprint density at radius 2 is 2.14 bits per heavy atom. The Labute approximate surface area is 133 Å². The Bertz CT molecular complexity index is 806. The van der Waals surface area contributed by atoms with E-state index in [4.69, 9.17) is 11.6 Å². The molecule has 1 aliphatic carbocycles. The minimum absolute atomic E-state index is 0.233. The first kappa shape index (κ1) is 15.4. The number of sulfone groups is 1. The molecule has 1 heterocycles. The zero-order valence-electron chi connectivity index (χ0n) is 11.9. The van der Waals surface area contributed by atoms with Gasteiger partial charge < -0.3 is 0 Å². The summed E-state index contributed by atoms with van der Waals surface area (Å²) < 4.78 is 38.7. The number of halogens is 2. The molecule has 0 N–H and O–H groups in total. The first-order chi connectivity index (χ1) is 10.4. The highest BCUT2D eigenvalue weighted by Crippen LogP contribution is 2.35. The van der Waals surface area contributed by atoms with Crippen LogP contribution < -0.4 is 0 Å². The Balaban J connectivity index is 1.96. The Kier molecular flexibility index (Phi) is 3.94. The highest BCUT2D eigenvalue weighted by Gasteiger charge is 2.36. The summed E-state index contributed by atoms with van der Waals surface area (Å²) in [6.45, 7) is 0. The third kappa shape index (κ3) is 2.87. The molecule has 0 unspecified atom stereocenters. The predicted molar refractivity (Wildman–Crippen MR) is 81.9 cm³/mol. The maximum Gasteiger partial charge on any atom is 0.152 e. The summed E-state index contributed by atoms with van der Waals surface area (Å²) in [5.74, 6) is -0.413. The summed E-state index contributed by atoms with van der Waals surface area (Å²) in [5, 5.41) is 7.97. The standard InChI is InChI=1S/C14H15ClFN3O2S/c1-22(20,21)14-4-2-3-13(14)19-8-12(17-18-19)10-7-9(16)5-6-11(10)15/h5-8,13-14H,2-4H2,1H3/t13-,14-/m1/s1. The first-order valence-corrected chi connectivity index (χ1v) is 9.25. The van der Waals surface area contributed by atoms with Gasteiger partial charge in [-0.05, 0) is 37.5 Å². The SMILES string of the molecule is CS(=O)(=O)[C@@H]1CCC[C@H]1n1cc(-c2cc(F)ccc2Cl)nn1. The molecule has 8 heteroatoms.